The summed E-state index contributed by atoms with van der Waals surface area (Å²) in [6.07, 6.45) is 6.61. The SMILES string of the molecule is COc1ccc(N(c2cc(N(C)C)ccn2)c2cc(N(C)C)ccn2)cc1.N#C[S-].N#C[S-].O=COc1ccnc(-c2cc(OC=O)ccn2)c1.[Ru+2]. The third kappa shape index (κ3) is 14.1. The molecule has 17 heteroatoms. The van der Waals surface area contributed by atoms with Crippen LogP contribution < -0.4 is 28.9 Å². The van der Waals surface area contributed by atoms with Crippen LogP contribution in [0.3, 0.4) is 0 Å². The van der Waals surface area contributed by atoms with Gasteiger partial charge in [-0.25, -0.2) is 20.5 Å². The number of hydrogen-bond acceptors (Lipinski definition) is 16. The Morgan fingerprint density at radius 1 is 0.596 bits per heavy atom. The summed E-state index contributed by atoms with van der Waals surface area (Å²) in [6, 6.07) is 22.2. The Balaban J connectivity index is 0.000000468. The van der Waals surface area contributed by atoms with Crippen molar-refractivity contribution in [2.75, 3.05) is 50.0 Å². The number of aromatic nitrogens is 4. The molecule has 0 saturated carbocycles. The molecular weight excluding hydrogens is 792 g/mol. The number of nitrogens with zero attached hydrogens (tertiary/aromatic N) is 9. The second-order valence-corrected chi connectivity index (χ2v) is 10.3. The van der Waals surface area contributed by atoms with Crippen molar-refractivity contribution >= 4 is 66.9 Å². The van der Waals surface area contributed by atoms with Crippen LogP contribution in [-0.4, -0.2) is 68.2 Å². The van der Waals surface area contributed by atoms with E-state index in [1.165, 1.54) is 23.2 Å². The molecule has 52 heavy (non-hydrogen) atoms. The van der Waals surface area contributed by atoms with E-state index in [0.717, 1.165) is 34.4 Å². The molecule has 0 unspecified atom stereocenters. The van der Waals surface area contributed by atoms with Gasteiger partial charge in [0.15, 0.2) is 0 Å². The number of pyridine rings is 4. The zero-order valence-electron chi connectivity index (χ0n) is 28.6. The number of nitriles is 2. The van der Waals surface area contributed by atoms with E-state index in [4.69, 9.17) is 24.7 Å². The zero-order valence-corrected chi connectivity index (χ0v) is 32.0. The van der Waals surface area contributed by atoms with Crippen LogP contribution in [0.25, 0.3) is 11.4 Å². The van der Waals surface area contributed by atoms with Crippen LogP contribution in [0, 0.1) is 21.3 Å². The summed E-state index contributed by atoms with van der Waals surface area (Å²) in [4.78, 5) is 44.0. The van der Waals surface area contributed by atoms with Gasteiger partial charge in [0.1, 0.15) is 28.9 Å². The van der Waals surface area contributed by atoms with Crippen molar-refractivity contribution in [1.29, 1.82) is 10.5 Å². The van der Waals surface area contributed by atoms with Crippen LogP contribution in [0.15, 0.2) is 97.6 Å². The summed E-state index contributed by atoms with van der Waals surface area (Å²) in [5.74, 6) is 3.13. The van der Waals surface area contributed by atoms with E-state index in [2.05, 4.69) is 55.0 Å². The fourth-order valence-corrected chi connectivity index (χ4v) is 4.09. The number of carbonyl (C=O) groups is 2. The number of ether oxygens (including phenoxy) is 3. The summed E-state index contributed by atoms with van der Waals surface area (Å²) < 4.78 is 14.7. The maximum absolute atomic E-state index is 10.2. The molecule has 0 radical (unpaired) electrons. The minimum absolute atomic E-state index is 0. The first kappa shape index (κ1) is 44.0. The first-order valence-electron chi connectivity index (χ1n) is 14.5. The topological polar surface area (TPSA) is 171 Å². The van der Waals surface area contributed by atoms with E-state index in [1.807, 2.05) is 94.0 Å². The molecule has 5 aromatic rings. The number of thiocyanates is 2. The summed E-state index contributed by atoms with van der Waals surface area (Å²) in [6.45, 7) is 0.664. The Hall–Kier alpha value is -6.00. The average molecular weight is 825 g/mol. The van der Waals surface area contributed by atoms with Gasteiger partial charge in [-0.05, 0) is 48.5 Å². The minimum Gasteiger partial charge on any atom is -0.696 e. The van der Waals surface area contributed by atoms with E-state index in [9.17, 15) is 9.59 Å². The second-order valence-electron chi connectivity index (χ2n) is 9.93. The van der Waals surface area contributed by atoms with Gasteiger partial charge in [-0.1, -0.05) is 10.8 Å². The molecule has 0 saturated heterocycles. The molecule has 0 bridgehead atoms. The smallest absolute Gasteiger partial charge is 0.696 e. The van der Waals surface area contributed by atoms with Crippen molar-refractivity contribution in [2.45, 2.75) is 0 Å². The molecule has 4 heterocycles. The summed E-state index contributed by atoms with van der Waals surface area (Å²) in [5.41, 5.74) is 4.11. The van der Waals surface area contributed by atoms with Crippen LogP contribution >= 0.6 is 0 Å². The molecule has 5 rings (SSSR count). The molecule has 0 aliphatic carbocycles. The molecule has 0 aliphatic heterocycles. The zero-order chi connectivity index (χ0) is 37.6. The van der Waals surface area contributed by atoms with E-state index >= 15 is 0 Å². The molecule has 268 valence electrons. The number of carbonyl (C=O) groups excluding carboxylic acids is 2. The van der Waals surface area contributed by atoms with Gasteiger partial charge in [0.05, 0.1) is 18.5 Å². The van der Waals surface area contributed by atoms with Crippen molar-refractivity contribution in [3.05, 3.63) is 97.6 Å². The van der Waals surface area contributed by atoms with Crippen molar-refractivity contribution in [3.8, 4) is 39.4 Å². The molecule has 0 amide bonds. The van der Waals surface area contributed by atoms with E-state index in [-0.39, 0.29) is 19.5 Å². The van der Waals surface area contributed by atoms with E-state index < -0.39 is 0 Å². The van der Waals surface area contributed by atoms with Gasteiger partial charge in [0.2, 0.25) is 0 Å². The van der Waals surface area contributed by atoms with Gasteiger partial charge >= 0.3 is 19.5 Å². The van der Waals surface area contributed by atoms with Crippen LogP contribution in [0.4, 0.5) is 28.7 Å². The van der Waals surface area contributed by atoms with E-state index in [1.54, 1.807) is 31.4 Å². The summed E-state index contributed by atoms with van der Waals surface area (Å²) >= 11 is 7.40. The molecule has 0 N–H and O–H groups in total. The quantitative estimate of drug-likeness (QED) is 0.0724. The Morgan fingerprint density at radius 3 is 1.33 bits per heavy atom. The molecule has 0 fully saturated rings. The van der Waals surface area contributed by atoms with Gasteiger partial charge in [-0.2, -0.15) is 0 Å². The normalized spacial score (nSPS) is 8.98. The van der Waals surface area contributed by atoms with Gasteiger partial charge in [-0.3, -0.25) is 24.5 Å². The third-order valence-electron chi connectivity index (χ3n) is 6.37. The first-order chi connectivity index (χ1) is 24.6. The van der Waals surface area contributed by atoms with Gasteiger partial charge in [0, 0.05) is 94.3 Å². The van der Waals surface area contributed by atoms with Crippen LogP contribution in [-0.2, 0) is 54.3 Å². The molecule has 0 aliphatic rings. The Labute approximate surface area is 326 Å². The monoisotopic (exact) mass is 825 g/mol. The molecule has 1 aromatic carbocycles. The van der Waals surface area contributed by atoms with Crippen LogP contribution in [0.1, 0.15) is 0 Å². The van der Waals surface area contributed by atoms with Gasteiger partial charge < -0.3 is 49.3 Å². The number of rotatable bonds is 11. The molecule has 0 spiro atoms. The molecule has 4 aromatic heterocycles. The van der Waals surface area contributed by atoms with Crippen molar-refractivity contribution in [2.24, 2.45) is 0 Å². The van der Waals surface area contributed by atoms with Gasteiger partial charge in [0.25, 0.3) is 12.9 Å². The fourth-order valence-electron chi connectivity index (χ4n) is 4.09. The maximum atomic E-state index is 10.2. The van der Waals surface area contributed by atoms with Crippen molar-refractivity contribution < 1.29 is 43.3 Å². The molecule has 14 nitrogen and oxygen atoms in total. The Bertz CT molecular complexity index is 1810. The first-order valence-corrected chi connectivity index (χ1v) is 15.3. The predicted molar refractivity (Wildman–Crippen MR) is 199 cm³/mol. The number of benzene rings is 1. The molecular formula is C35H33N9O5RuS2. The number of hydrogen-bond donors (Lipinski definition) is 0. The largest absolute Gasteiger partial charge is 2.00 e. The van der Waals surface area contributed by atoms with Gasteiger partial charge in [-0.15, -0.1) is 0 Å². The standard InChI is InChI=1S/C21H25N5O.C12H8N2O4.2CHNS.Ru/c1-24(2)17-10-12-22-20(14-17)26(16-6-8-19(27-5)9-7-16)21-15-18(25(3)4)11-13-23-21;15-7-17-9-1-3-13-11(5-9)12-6-10(18-8-16)2-4-14-12;2*2-1-3;/h6-15H,1-5H3;1-8H;2*3H;/q;;;;+2/p-2. The Morgan fingerprint density at radius 2 is 0.981 bits per heavy atom. The number of methoxy groups -OCH3 is 1. The fraction of sp³-hybridized carbons (Fsp3) is 0.143. The maximum Gasteiger partial charge on any atom is 2.00 e. The van der Waals surface area contributed by atoms with Crippen molar-refractivity contribution in [1.82, 2.24) is 19.9 Å². The number of anilines is 5. The van der Waals surface area contributed by atoms with Crippen LogP contribution in [0.2, 0.25) is 0 Å². The van der Waals surface area contributed by atoms with Crippen LogP contribution in [0.5, 0.6) is 17.2 Å². The second kappa shape index (κ2) is 24.2. The Kier molecular flexibility index (Phi) is 20.5. The van der Waals surface area contributed by atoms with Crippen molar-refractivity contribution in [3.63, 3.8) is 0 Å². The third-order valence-corrected chi connectivity index (χ3v) is 6.37. The predicted octanol–water partition coefficient (Wildman–Crippen LogP) is 5.33. The average Bonchev–Trinajstić information content (AvgIpc) is 3.14. The minimum atomic E-state index is 0. The summed E-state index contributed by atoms with van der Waals surface area (Å²) in [5, 5.41) is 16.9. The molecule has 0 atom stereocenters. The van der Waals surface area contributed by atoms with E-state index in [0.29, 0.717) is 35.8 Å². The summed E-state index contributed by atoms with van der Waals surface area (Å²) in [7, 11) is 9.73.